The molecule has 0 spiro atoms. The molecule has 17 heavy (non-hydrogen) atoms. The van der Waals surface area contributed by atoms with E-state index in [1.165, 1.54) is 6.42 Å². The lowest BCUT2D eigenvalue weighted by Crippen LogP contribution is -2.28. The van der Waals surface area contributed by atoms with Crippen LogP contribution in [0.3, 0.4) is 0 Å². The van der Waals surface area contributed by atoms with Crippen LogP contribution in [0, 0.1) is 0 Å². The maximum atomic E-state index is 5.64. The fraction of sp³-hybridized carbons (Fsp3) is 0.818. The first-order valence-corrected chi connectivity index (χ1v) is 7.32. The van der Waals surface area contributed by atoms with Gasteiger partial charge in [-0.2, -0.15) is 16.7 Å². The molecular formula is C11H17N3O2S. The number of thioether (sulfide) groups is 1. The Bertz CT molecular complexity index is 327. The van der Waals surface area contributed by atoms with E-state index in [1.807, 2.05) is 11.8 Å². The van der Waals surface area contributed by atoms with E-state index in [-0.39, 0.29) is 6.10 Å². The molecule has 2 fully saturated rings. The van der Waals surface area contributed by atoms with Crippen molar-refractivity contribution in [2.24, 2.45) is 0 Å². The number of aromatic nitrogens is 2. The summed E-state index contributed by atoms with van der Waals surface area (Å²) >= 11 is 1.88. The molecule has 6 heteroatoms. The molecule has 0 saturated carbocycles. The number of nitrogens with one attached hydrogen (secondary N) is 1. The molecule has 1 aromatic heterocycles. The fourth-order valence-corrected chi connectivity index (χ4v) is 3.08. The van der Waals surface area contributed by atoms with Gasteiger partial charge in [0.05, 0.1) is 12.5 Å². The van der Waals surface area contributed by atoms with Gasteiger partial charge in [-0.1, -0.05) is 5.16 Å². The van der Waals surface area contributed by atoms with Gasteiger partial charge in [-0.25, -0.2) is 0 Å². The molecule has 3 heterocycles. The van der Waals surface area contributed by atoms with Crippen molar-refractivity contribution in [2.75, 3.05) is 31.2 Å². The van der Waals surface area contributed by atoms with Crippen molar-refractivity contribution in [1.82, 2.24) is 15.5 Å². The first kappa shape index (κ1) is 11.5. The Morgan fingerprint density at radius 3 is 3.18 bits per heavy atom. The maximum absolute atomic E-state index is 5.64. The van der Waals surface area contributed by atoms with Crippen molar-refractivity contribution in [3.8, 4) is 0 Å². The summed E-state index contributed by atoms with van der Waals surface area (Å²) in [7, 11) is 0. The zero-order valence-corrected chi connectivity index (χ0v) is 10.5. The first-order valence-electron chi connectivity index (χ1n) is 6.17. The van der Waals surface area contributed by atoms with Gasteiger partial charge in [0, 0.05) is 18.1 Å². The second-order valence-electron chi connectivity index (χ2n) is 4.47. The van der Waals surface area contributed by atoms with E-state index in [0.717, 1.165) is 49.3 Å². The lowest BCUT2D eigenvalue weighted by molar-refractivity contribution is 0.0677. The van der Waals surface area contributed by atoms with Crippen LogP contribution >= 0.6 is 11.8 Å². The minimum atomic E-state index is 0.0165. The highest BCUT2D eigenvalue weighted by Crippen LogP contribution is 2.27. The third-order valence-corrected chi connectivity index (χ3v) is 4.20. The predicted octanol–water partition coefficient (Wildman–Crippen LogP) is 1.34. The van der Waals surface area contributed by atoms with E-state index in [2.05, 4.69) is 15.5 Å². The number of hydrogen-bond acceptors (Lipinski definition) is 6. The highest BCUT2D eigenvalue weighted by Gasteiger charge is 2.26. The predicted molar refractivity (Wildman–Crippen MR) is 65.2 cm³/mol. The summed E-state index contributed by atoms with van der Waals surface area (Å²) in [5, 5.41) is 7.42. The van der Waals surface area contributed by atoms with Crippen LogP contribution in [0.15, 0.2) is 4.52 Å². The van der Waals surface area contributed by atoms with Crippen LogP contribution in [-0.4, -0.2) is 41.3 Å². The molecule has 94 valence electrons. The van der Waals surface area contributed by atoms with Crippen molar-refractivity contribution in [1.29, 1.82) is 0 Å². The molecule has 5 nitrogen and oxygen atoms in total. The van der Waals surface area contributed by atoms with Crippen molar-refractivity contribution in [3.05, 3.63) is 11.7 Å². The van der Waals surface area contributed by atoms with Crippen molar-refractivity contribution < 1.29 is 9.26 Å². The Labute approximate surface area is 105 Å². The van der Waals surface area contributed by atoms with E-state index in [0.29, 0.717) is 5.92 Å². The van der Waals surface area contributed by atoms with Gasteiger partial charge in [-0.15, -0.1) is 0 Å². The number of rotatable bonds is 2. The SMILES string of the molecule is C1CNC[C@@H](c2nc(C3CSCCO3)no2)C1. The topological polar surface area (TPSA) is 60.2 Å². The van der Waals surface area contributed by atoms with E-state index in [9.17, 15) is 0 Å². The highest BCUT2D eigenvalue weighted by atomic mass is 32.2. The Morgan fingerprint density at radius 1 is 1.41 bits per heavy atom. The van der Waals surface area contributed by atoms with Crippen molar-refractivity contribution in [3.63, 3.8) is 0 Å². The molecule has 2 aliphatic rings. The van der Waals surface area contributed by atoms with Gasteiger partial charge in [0.1, 0.15) is 6.10 Å². The molecule has 2 saturated heterocycles. The average molecular weight is 255 g/mol. The molecule has 3 rings (SSSR count). The lowest BCUT2D eigenvalue weighted by atomic mass is 10.00. The van der Waals surface area contributed by atoms with Gasteiger partial charge in [0.15, 0.2) is 0 Å². The summed E-state index contributed by atoms with van der Waals surface area (Å²) < 4.78 is 11.0. The number of nitrogens with zero attached hydrogens (tertiary/aromatic N) is 2. The molecule has 0 aromatic carbocycles. The summed E-state index contributed by atoms with van der Waals surface area (Å²) in [6.45, 7) is 2.83. The molecule has 0 radical (unpaired) electrons. The summed E-state index contributed by atoms with van der Waals surface area (Å²) in [6, 6.07) is 0. The van der Waals surface area contributed by atoms with Gasteiger partial charge >= 0.3 is 0 Å². The standard InChI is InChI=1S/C11H17N3O2S/c1-2-8(6-12-3-1)11-13-10(14-16-11)9-7-17-5-4-15-9/h8-9,12H,1-7H2/t8-,9?/m0/s1. The molecular weight excluding hydrogens is 238 g/mol. The zero-order chi connectivity index (χ0) is 11.5. The highest BCUT2D eigenvalue weighted by molar-refractivity contribution is 7.99. The van der Waals surface area contributed by atoms with Crippen molar-refractivity contribution in [2.45, 2.75) is 24.9 Å². The monoisotopic (exact) mass is 255 g/mol. The second-order valence-corrected chi connectivity index (χ2v) is 5.62. The van der Waals surface area contributed by atoms with Crippen molar-refractivity contribution >= 4 is 11.8 Å². The molecule has 2 aliphatic heterocycles. The Morgan fingerprint density at radius 2 is 2.41 bits per heavy atom. The van der Waals surface area contributed by atoms with Gasteiger partial charge < -0.3 is 14.6 Å². The molecule has 0 aliphatic carbocycles. The molecule has 0 amide bonds. The van der Waals surface area contributed by atoms with Gasteiger partial charge in [-0.3, -0.25) is 0 Å². The number of ether oxygens (including phenoxy) is 1. The Balaban J connectivity index is 1.68. The molecule has 1 unspecified atom stereocenters. The van der Waals surface area contributed by atoms with Crippen LogP contribution in [-0.2, 0) is 4.74 Å². The average Bonchev–Trinajstić information content (AvgIpc) is 2.90. The molecule has 0 bridgehead atoms. The van der Waals surface area contributed by atoms with E-state index >= 15 is 0 Å². The van der Waals surface area contributed by atoms with E-state index in [1.54, 1.807) is 0 Å². The van der Waals surface area contributed by atoms with Gasteiger partial charge in [0.25, 0.3) is 0 Å². The van der Waals surface area contributed by atoms with E-state index < -0.39 is 0 Å². The normalized spacial score (nSPS) is 30.4. The molecule has 1 aromatic rings. The van der Waals surface area contributed by atoms with Crippen LogP contribution < -0.4 is 5.32 Å². The maximum Gasteiger partial charge on any atom is 0.231 e. The van der Waals surface area contributed by atoms with Gasteiger partial charge in [-0.05, 0) is 19.4 Å². The van der Waals surface area contributed by atoms with E-state index in [4.69, 9.17) is 9.26 Å². The summed E-state index contributed by atoms with van der Waals surface area (Å²) in [5.41, 5.74) is 0. The van der Waals surface area contributed by atoms with Crippen LogP contribution in [0.5, 0.6) is 0 Å². The minimum Gasteiger partial charge on any atom is -0.368 e. The fourth-order valence-electron chi connectivity index (χ4n) is 2.24. The number of hydrogen-bond donors (Lipinski definition) is 1. The first-order chi connectivity index (χ1) is 8.43. The third kappa shape index (κ3) is 2.64. The molecule has 2 atom stereocenters. The number of piperidine rings is 1. The third-order valence-electron chi connectivity index (χ3n) is 3.21. The smallest absolute Gasteiger partial charge is 0.231 e. The zero-order valence-electron chi connectivity index (χ0n) is 9.72. The van der Waals surface area contributed by atoms with Crippen LogP contribution in [0.25, 0.3) is 0 Å². The van der Waals surface area contributed by atoms with Crippen LogP contribution in [0.2, 0.25) is 0 Å². The quantitative estimate of drug-likeness (QED) is 0.860. The summed E-state index contributed by atoms with van der Waals surface area (Å²) in [6.07, 6.45) is 2.33. The summed E-state index contributed by atoms with van der Waals surface area (Å²) in [4.78, 5) is 4.50. The Kier molecular flexibility index (Phi) is 3.63. The summed E-state index contributed by atoms with van der Waals surface area (Å²) in [5.74, 6) is 3.86. The Hall–Kier alpha value is -0.590. The van der Waals surface area contributed by atoms with Crippen LogP contribution in [0.1, 0.15) is 36.6 Å². The lowest BCUT2D eigenvalue weighted by Gasteiger charge is -2.19. The minimum absolute atomic E-state index is 0.0165. The second kappa shape index (κ2) is 5.37. The molecule has 1 N–H and O–H groups in total. The van der Waals surface area contributed by atoms with Gasteiger partial charge in [0.2, 0.25) is 11.7 Å². The van der Waals surface area contributed by atoms with Crippen LogP contribution in [0.4, 0.5) is 0 Å². The largest absolute Gasteiger partial charge is 0.368 e.